The van der Waals surface area contributed by atoms with E-state index in [0.29, 0.717) is 11.3 Å². The van der Waals surface area contributed by atoms with Crippen molar-refractivity contribution in [2.45, 2.75) is 18.7 Å². The molecule has 37 heavy (non-hydrogen) atoms. The number of aryl methyl sites for hydroxylation is 1. The Bertz CT molecular complexity index is 1420. The van der Waals surface area contributed by atoms with E-state index in [1.165, 1.54) is 18.2 Å². The maximum Gasteiger partial charge on any atom is 0.339 e. The molecule has 0 atom stereocenters. The maximum absolute atomic E-state index is 12.8. The fourth-order valence-electron chi connectivity index (χ4n) is 3.44. The van der Waals surface area contributed by atoms with Gasteiger partial charge in [0.2, 0.25) is 0 Å². The van der Waals surface area contributed by atoms with Crippen LogP contribution in [0, 0.1) is 6.92 Å². The summed E-state index contributed by atoms with van der Waals surface area (Å²) in [6, 6.07) is 20.1. The second-order valence-corrected chi connectivity index (χ2v) is 10.5. The predicted molar refractivity (Wildman–Crippen MR) is 141 cm³/mol. The number of hydrogen-bond acceptors (Lipinski definition) is 8. The van der Waals surface area contributed by atoms with Crippen LogP contribution in [0.1, 0.15) is 18.1 Å². The van der Waals surface area contributed by atoms with Crippen molar-refractivity contribution >= 4 is 39.1 Å². The lowest BCUT2D eigenvalue weighted by Crippen LogP contribution is -2.32. The van der Waals surface area contributed by atoms with Gasteiger partial charge in [-0.1, -0.05) is 42.0 Å². The summed E-state index contributed by atoms with van der Waals surface area (Å²) in [5, 5.41) is -0.387. The summed E-state index contributed by atoms with van der Waals surface area (Å²) in [6.45, 7) is 4.17. The van der Waals surface area contributed by atoms with Gasteiger partial charge in [-0.3, -0.25) is 14.5 Å². The molecule has 3 aromatic rings. The lowest BCUT2D eigenvalue weighted by Gasteiger charge is -2.13. The van der Waals surface area contributed by atoms with Gasteiger partial charge in [0.15, 0.2) is 11.5 Å². The van der Waals surface area contributed by atoms with Gasteiger partial charge < -0.3 is 13.7 Å². The van der Waals surface area contributed by atoms with Crippen molar-refractivity contribution in [3.05, 3.63) is 88.8 Å². The molecule has 1 saturated heterocycles. The molecule has 10 heteroatoms. The second-order valence-electron chi connectivity index (χ2n) is 7.98. The standard InChI is InChI=1S/C27H25NO7S2/c1-3-33-24-17-20(11-14-23(24)35-37(31,32)22-12-9-19(2)10-13-22)18-25-26(29)28(27(30)36-25)15-16-34-21-7-5-4-6-8-21/h4-14,17-18H,3,15-16H2,1-2H3/b25-18-. The number of benzene rings is 3. The normalized spacial score (nSPS) is 14.8. The average molecular weight is 540 g/mol. The van der Waals surface area contributed by atoms with Crippen LogP contribution in [0.5, 0.6) is 17.2 Å². The highest BCUT2D eigenvalue weighted by molar-refractivity contribution is 8.18. The summed E-state index contributed by atoms with van der Waals surface area (Å²) in [5.41, 5.74) is 1.47. The van der Waals surface area contributed by atoms with Gasteiger partial charge >= 0.3 is 10.1 Å². The molecule has 0 spiro atoms. The minimum Gasteiger partial charge on any atom is -0.492 e. The van der Waals surface area contributed by atoms with Gasteiger partial charge in [0.25, 0.3) is 11.1 Å². The number of carbonyl (C=O) groups is 2. The van der Waals surface area contributed by atoms with Crippen LogP contribution < -0.4 is 13.7 Å². The summed E-state index contributed by atoms with van der Waals surface area (Å²) < 4.78 is 42.0. The molecule has 1 aliphatic heterocycles. The van der Waals surface area contributed by atoms with Crippen molar-refractivity contribution in [2.24, 2.45) is 0 Å². The summed E-state index contributed by atoms with van der Waals surface area (Å²) in [5.74, 6) is 0.445. The fraction of sp³-hybridized carbons (Fsp3) is 0.185. The van der Waals surface area contributed by atoms with Crippen LogP contribution in [0.25, 0.3) is 6.08 Å². The lowest BCUT2D eigenvalue weighted by molar-refractivity contribution is -0.123. The van der Waals surface area contributed by atoms with Crippen molar-refractivity contribution in [1.82, 2.24) is 4.90 Å². The Hall–Kier alpha value is -3.76. The summed E-state index contributed by atoms with van der Waals surface area (Å²) in [4.78, 5) is 26.7. The molecule has 0 N–H and O–H groups in total. The molecule has 0 radical (unpaired) electrons. The zero-order valence-electron chi connectivity index (χ0n) is 20.2. The third-order valence-corrected chi connectivity index (χ3v) is 7.43. The highest BCUT2D eigenvalue weighted by Crippen LogP contribution is 2.35. The van der Waals surface area contributed by atoms with Crippen LogP contribution in [0.15, 0.2) is 82.6 Å². The molecule has 0 aromatic heterocycles. The van der Waals surface area contributed by atoms with E-state index in [-0.39, 0.29) is 46.3 Å². The molecule has 192 valence electrons. The quantitative estimate of drug-likeness (QED) is 0.254. The van der Waals surface area contributed by atoms with E-state index in [1.54, 1.807) is 49.4 Å². The Morgan fingerprint density at radius 3 is 2.35 bits per heavy atom. The molecule has 1 heterocycles. The monoisotopic (exact) mass is 539 g/mol. The second kappa shape index (κ2) is 11.5. The Kier molecular flexibility index (Phi) is 8.20. The first-order chi connectivity index (χ1) is 17.8. The number of para-hydroxylation sites is 1. The Balaban J connectivity index is 1.48. The zero-order valence-corrected chi connectivity index (χ0v) is 21.9. The Labute approximate surface area is 220 Å². The third-order valence-electron chi connectivity index (χ3n) is 5.27. The van der Waals surface area contributed by atoms with E-state index >= 15 is 0 Å². The molecule has 8 nitrogen and oxygen atoms in total. The molecule has 0 unspecified atom stereocenters. The molecule has 1 aliphatic rings. The van der Waals surface area contributed by atoms with E-state index in [9.17, 15) is 18.0 Å². The molecular formula is C27H25NO7S2. The first-order valence-corrected chi connectivity index (χ1v) is 13.7. The molecule has 0 aliphatic carbocycles. The number of amides is 2. The molecule has 3 aromatic carbocycles. The molecule has 2 amide bonds. The number of imide groups is 1. The fourth-order valence-corrected chi connectivity index (χ4v) is 5.24. The SMILES string of the molecule is CCOc1cc(/C=C2\SC(=O)N(CCOc3ccccc3)C2=O)ccc1OS(=O)(=O)c1ccc(C)cc1. The number of thioether (sulfide) groups is 1. The lowest BCUT2D eigenvalue weighted by atomic mass is 10.2. The van der Waals surface area contributed by atoms with Gasteiger partial charge in [0.1, 0.15) is 17.3 Å². The highest BCUT2D eigenvalue weighted by atomic mass is 32.2. The van der Waals surface area contributed by atoms with Crippen LogP contribution in [-0.4, -0.2) is 44.2 Å². The average Bonchev–Trinajstić information content (AvgIpc) is 3.14. The van der Waals surface area contributed by atoms with Crippen molar-refractivity contribution in [1.29, 1.82) is 0 Å². The van der Waals surface area contributed by atoms with Crippen molar-refractivity contribution in [2.75, 3.05) is 19.8 Å². The summed E-state index contributed by atoms with van der Waals surface area (Å²) in [7, 11) is -4.08. The molecule has 0 bridgehead atoms. The highest BCUT2D eigenvalue weighted by Gasteiger charge is 2.35. The van der Waals surface area contributed by atoms with E-state index in [0.717, 1.165) is 22.2 Å². The van der Waals surface area contributed by atoms with Gasteiger partial charge in [-0.05, 0) is 73.6 Å². The van der Waals surface area contributed by atoms with Crippen LogP contribution >= 0.6 is 11.8 Å². The number of rotatable bonds is 10. The van der Waals surface area contributed by atoms with E-state index in [1.807, 2.05) is 25.1 Å². The minimum absolute atomic E-state index is 0.0192. The zero-order chi connectivity index (χ0) is 26.4. The molecule has 4 rings (SSSR count). The van der Waals surface area contributed by atoms with Gasteiger partial charge in [-0.25, -0.2) is 0 Å². The number of carbonyl (C=O) groups excluding carboxylic acids is 2. The Morgan fingerprint density at radius 2 is 1.65 bits per heavy atom. The smallest absolute Gasteiger partial charge is 0.339 e. The van der Waals surface area contributed by atoms with Crippen molar-refractivity contribution < 1.29 is 31.7 Å². The van der Waals surface area contributed by atoms with Gasteiger partial charge in [-0.15, -0.1) is 0 Å². The first-order valence-electron chi connectivity index (χ1n) is 11.5. The topological polar surface area (TPSA) is 99.2 Å². The molecular weight excluding hydrogens is 514 g/mol. The van der Waals surface area contributed by atoms with Gasteiger partial charge in [0.05, 0.1) is 18.1 Å². The summed E-state index contributed by atoms with van der Waals surface area (Å²) in [6.07, 6.45) is 1.56. The third kappa shape index (κ3) is 6.52. The van der Waals surface area contributed by atoms with E-state index in [4.69, 9.17) is 13.7 Å². The Morgan fingerprint density at radius 1 is 0.919 bits per heavy atom. The van der Waals surface area contributed by atoms with Crippen molar-refractivity contribution in [3.8, 4) is 17.2 Å². The van der Waals surface area contributed by atoms with Gasteiger partial charge in [0, 0.05) is 0 Å². The van der Waals surface area contributed by atoms with E-state index in [2.05, 4.69) is 0 Å². The molecule has 0 saturated carbocycles. The molecule has 1 fully saturated rings. The van der Waals surface area contributed by atoms with Gasteiger partial charge in [-0.2, -0.15) is 8.42 Å². The number of ether oxygens (including phenoxy) is 2. The largest absolute Gasteiger partial charge is 0.492 e. The summed E-state index contributed by atoms with van der Waals surface area (Å²) >= 11 is 0.830. The van der Waals surface area contributed by atoms with Crippen LogP contribution in [0.4, 0.5) is 4.79 Å². The first kappa shape index (κ1) is 26.3. The van der Waals surface area contributed by atoms with Crippen molar-refractivity contribution in [3.63, 3.8) is 0 Å². The van der Waals surface area contributed by atoms with Crippen LogP contribution in [0.2, 0.25) is 0 Å². The minimum atomic E-state index is -4.08. The van der Waals surface area contributed by atoms with Crippen LogP contribution in [0.3, 0.4) is 0 Å². The van der Waals surface area contributed by atoms with E-state index < -0.39 is 16.0 Å². The predicted octanol–water partition coefficient (Wildman–Crippen LogP) is 5.28. The number of nitrogens with zero attached hydrogens (tertiary/aromatic N) is 1. The maximum atomic E-state index is 12.8. The number of hydrogen-bond donors (Lipinski definition) is 0. The van der Waals surface area contributed by atoms with Crippen LogP contribution in [-0.2, 0) is 14.9 Å².